The van der Waals surface area contributed by atoms with Crippen molar-refractivity contribution in [1.82, 2.24) is 0 Å². The summed E-state index contributed by atoms with van der Waals surface area (Å²) in [7, 11) is 0. The molecule has 1 saturated heterocycles. The first-order valence-corrected chi connectivity index (χ1v) is 6.71. The molecule has 1 heterocycles. The van der Waals surface area contributed by atoms with Crippen LogP contribution >= 0.6 is 0 Å². The van der Waals surface area contributed by atoms with E-state index in [1.165, 1.54) is 4.90 Å². The third kappa shape index (κ3) is 3.05. The van der Waals surface area contributed by atoms with E-state index in [-0.39, 0.29) is 17.2 Å². The lowest BCUT2D eigenvalue weighted by Crippen LogP contribution is -2.38. The number of guanidine groups is 1. The predicted molar refractivity (Wildman–Crippen MR) is 77.5 cm³/mol. The fraction of sp³-hybridized carbons (Fsp3) is 0.357. The van der Waals surface area contributed by atoms with E-state index in [9.17, 15) is 18.4 Å². The maximum atomic E-state index is 14.2. The molecule has 4 N–H and O–H groups in total. The quantitative estimate of drug-likeness (QED) is 0.491. The van der Waals surface area contributed by atoms with Crippen molar-refractivity contribution in [3.05, 3.63) is 29.3 Å². The van der Waals surface area contributed by atoms with Gasteiger partial charge in [0.05, 0.1) is 11.3 Å². The lowest BCUT2D eigenvalue weighted by molar-refractivity contribution is -0.118. The first-order chi connectivity index (χ1) is 10.3. The highest BCUT2D eigenvalue weighted by molar-refractivity contribution is 5.97. The minimum absolute atomic E-state index is 0.0795. The zero-order valence-electron chi connectivity index (χ0n) is 12.0. The number of benzene rings is 1. The standard InChI is InChI=1S/C14H16F2N4O2/c1-7(21)8-5-10(16)12(6-9(8)15)20-4-2-3-11(20)13(22)19-14(17)18/h5-6,11H,2-4H2,1H3,(H4,17,18,19,22)/t11-/m0/s1. The summed E-state index contributed by atoms with van der Waals surface area (Å²) in [6.07, 6.45) is 1.05. The summed E-state index contributed by atoms with van der Waals surface area (Å²) in [5, 5.41) is 0. The van der Waals surface area contributed by atoms with Crippen LogP contribution in [0.15, 0.2) is 17.1 Å². The van der Waals surface area contributed by atoms with Gasteiger partial charge in [-0.25, -0.2) is 8.78 Å². The van der Waals surface area contributed by atoms with Gasteiger partial charge >= 0.3 is 0 Å². The highest BCUT2D eigenvalue weighted by atomic mass is 19.1. The van der Waals surface area contributed by atoms with Gasteiger partial charge in [0.25, 0.3) is 5.91 Å². The number of anilines is 1. The molecular formula is C14H16F2N4O2. The minimum Gasteiger partial charge on any atom is -0.370 e. The summed E-state index contributed by atoms with van der Waals surface area (Å²) in [5.74, 6) is -3.15. The average Bonchev–Trinajstić information content (AvgIpc) is 2.89. The van der Waals surface area contributed by atoms with Gasteiger partial charge in [-0.3, -0.25) is 9.59 Å². The molecule has 0 radical (unpaired) electrons. The number of amides is 1. The lowest BCUT2D eigenvalue weighted by atomic mass is 10.1. The third-order valence-electron chi connectivity index (χ3n) is 3.50. The molecule has 1 aliphatic rings. The number of carbonyl (C=O) groups excluding carboxylic acids is 2. The average molecular weight is 310 g/mol. The number of Topliss-reactive ketones (excluding diaryl/α,β-unsaturated/α-hetero) is 1. The van der Waals surface area contributed by atoms with E-state index in [0.717, 1.165) is 19.1 Å². The van der Waals surface area contributed by atoms with Gasteiger partial charge in [-0.1, -0.05) is 0 Å². The van der Waals surface area contributed by atoms with E-state index < -0.39 is 29.4 Å². The van der Waals surface area contributed by atoms with Gasteiger partial charge in [0, 0.05) is 12.6 Å². The molecule has 118 valence electrons. The fourth-order valence-electron chi connectivity index (χ4n) is 2.54. The van der Waals surface area contributed by atoms with Crippen molar-refractivity contribution in [3.63, 3.8) is 0 Å². The largest absolute Gasteiger partial charge is 0.370 e. The number of nitrogens with two attached hydrogens (primary N) is 2. The Kier molecular flexibility index (Phi) is 4.39. The zero-order valence-corrected chi connectivity index (χ0v) is 12.0. The second-order valence-electron chi connectivity index (χ2n) is 5.07. The summed E-state index contributed by atoms with van der Waals surface area (Å²) in [4.78, 5) is 28.0. The molecule has 0 bridgehead atoms. The van der Waals surface area contributed by atoms with Crippen LogP contribution < -0.4 is 16.4 Å². The van der Waals surface area contributed by atoms with Crippen molar-refractivity contribution in [2.24, 2.45) is 16.5 Å². The van der Waals surface area contributed by atoms with E-state index in [1.807, 2.05) is 0 Å². The molecule has 0 aliphatic carbocycles. The van der Waals surface area contributed by atoms with E-state index in [4.69, 9.17) is 11.5 Å². The second-order valence-corrected chi connectivity index (χ2v) is 5.07. The minimum atomic E-state index is -0.830. The van der Waals surface area contributed by atoms with Crippen molar-refractivity contribution in [2.45, 2.75) is 25.8 Å². The smallest absolute Gasteiger partial charge is 0.271 e. The van der Waals surface area contributed by atoms with Crippen molar-refractivity contribution < 1.29 is 18.4 Å². The topological polar surface area (TPSA) is 102 Å². The van der Waals surface area contributed by atoms with Crippen LogP contribution in [0.3, 0.4) is 0 Å². The van der Waals surface area contributed by atoms with E-state index >= 15 is 0 Å². The Morgan fingerprint density at radius 2 is 1.95 bits per heavy atom. The van der Waals surface area contributed by atoms with Crippen LogP contribution in [0.1, 0.15) is 30.1 Å². The van der Waals surface area contributed by atoms with Gasteiger partial charge in [-0.2, -0.15) is 4.99 Å². The summed E-state index contributed by atoms with van der Waals surface area (Å²) in [5.41, 5.74) is 9.93. The van der Waals surface area contributed by atoms with Crippen LogP contribution in [0.4, 0.5) is 14.5 Å². The molecule has 1 atom stereocenters. The van der Waals surface area contributed by atoms with Crippen molar-refractivity contribution in [1.29, 1.82) is 0 Å². The molecule has 22 heavy (non-hydrogen) atoms. The summed E-state index contributed by atoms with van der Waals surface area (Å²) < 4.78 is 28.1. The van der Waals surface area contributed by atoms with Crippen LogP contribution in [0.2, 0.25) is 0 Å². The fourth-order valence-corrected chi connectivity index (χ4v) is 2.54. The Morgan fingerprint density at radius 3 is 2.55 bits per heavy atom. The van der Waals surface area contributed by atoms with Crippen LogP contribution in [-0.4, -0.2) is 30.2 Å². The molecule has 0 aromatic heterocycles. The normalized spacial score (nSPS) is 17.4. The summed E-state index contributed by atoms with van der Waals surface area (Å²) >= 11 is 0. The molecule has 0 unspecified atom stereocenters. The Hall–Kier alpha value is -2.51. The highest BCUT2D eigenvalue weighted by Crippen LogP contribution is 2.30. The van der Waals surface area contributed by atoms with Gasteiger partial charge in [0.15, 0.2) is 11.7 Å². The molecule has 0 saturated carbocycles. The zero-order chi connectivity index (χ0) is 16.4. The van der Waals surface area contributed by atoms with Crippen molar-refractivity contribution in [3.8, 4) is 0 Å². The molecule has 1 aliphatic heterocycles. The van der Waals surface area contributed by atoms with Crippen LogP contribution in [0, 0.1) is 11.6 Å². The number of hydrogen-bond donors (Lipinski definition) is 2. The number of ketones is 1. The first kappa shape index (κ1) is 15.9. The summed E-state index contributed by atoms with van der Waals surface area (Å²) in [6.45, 7) is 1.52. The molecule has 1 aromatic carbocycles. The van der Waals surface area contributed by atoms with Crippen molar-refractivity contribution in [2.75, 3.05) is 11.4 Å². The van der Waals surface area contributed by atoms with E-state index in [1.54, 1.807) is 0 Å². The second kappa shape index (κ2) is 6.08. The molecule has 0 spiro atoms. The van der Waals surface area contributed by atoms with E-state index in [0.29, 0.717) is 19.4 Å². The predicted octanol–water partition coefficient (Wildman–Crippen LogP) is 0.936. The summed E-state index contributed by atoms with van der Waals surface area (Å²) in [6, 6.07) is 1.01. The van der Waals surface area contributed by atoms with Crippen LogP contribution in [0.5, 0.6) is 0 Å². The number of nitrogens with zero attached hydrogens (tertiary/aromatic N) is 2. The first-order valence-electron chi connectivity index (χ1n) is 6.71. The van der Waals surface area contributed by atoms with E-state index in [2.05, 4.69) is 4.99 Å². The van der Waals surface area contributed by atoms with Gasteiger partial charge in [0.1, 0.15) is 17.7 Å². The monoisotopic (exact) mass is 310 g/mol. The number of halogens is 2. The Morgan fingerprint density at radius 1 is 1.27 bits per heavy atom. The Labute approximate surface area is 125 Å². The maximum Gasteiger partial charge on any atom is 0.271 e. The third-order valence-corrected chi connectivity index (χ3v) is 3.50. The molecule has 1 amide bonds. The Balaban J connectivity index is 2.38. The number of rotatable bonds is 3. The van der Waals surface area contributed by atoms with Gasteiger partial charge in [0.2, 0.25) is 0 Å². The number of aliphatic imine (C=N–C) groups is 1. The van der Waals surface area contributed by atoms with Crippen LogP contribution in [0.25, 0.3) is 0 Å². The molecular weight excluding hydrogens is 294 g/mol. The molecule has 8 heteroatoms. The SMILES string of the molecule is CC(=O)c1cc(F)c(N2CCC[C@H]2C(=O)N=C(N)N)cc1F. The molecule has 2 rings (SSSR count). The van der Waals surface area contributed by atoms with Crippen LogP contribution in [-0.2, 0) is 4.79 Å². The molecule has 1 aromatic rings. The van der Waals surface area contributed by atoms with Gasteiger partial charge < -0.3 is 16.4 Å². The molecule has 6 nitrogen and oxygen atoms in total. The molecule has 1 fully saturated rings. The Bertz CT molecular complexity index is 656. The lowest BCUT2D eigenvalue weighted by Gasteiger charge is -2.25. The van der Waals surface area contributed by atoms with Gasteiger partial charge in [-0.15, -0.1) is 0 Å². The number of hydrogen-bond acceptors (Lipinski definition) is 3. The highest BCUT2D eigenvalue weighted by Gasteiger charge is 2.33. The van der Waals surface area contributed by atoms with Gasteiger partial charge in [-0.05, 0) is 25.8 Å². The van der Waals surface area contributed by atoms with Crippen molar-refractivity contribution >= 4 is 23.3 Å². The number of carbonyl (C=O) groups is 2. The maximum absolute atomic E-state index is 14.2.